The summed E-state index contributed by atoms with van der Waals surface area (Å²) in [5, 5.41) is 10.9. The zero-order valence-corrected chi connectivity index (χ0v) is 27.8. The van der Waals surface area contributed by atoms with Crippen molar-refractivity contribution in [3.05, 3.63) is 48.7 Å². The fourth-order valence-corrected chi connectivity index (χ4v) is 7.36. The van der Waals surface area contributed by atoms with Gasteiger partial charge in [0.25, 0.3) is 10.0 Å². The second kappa shape index (κ2) is 14.1. The average Bonchev–Trinajstić information content (AvgIpc) is 3.57. The zero-order valence-electron chi connectivity index (χ0n) is 27.0. The highest BCUT2D eigenvalue weighted by Gasteiger charge is 2.28. The number of piperazine rings is 1. The van der Waals surface area contributed by atoms with Crippen LogP contribution < -0.4 is 31.3 Å². The Hall–Kier alpha value is -4.62. The summed E-state index contributed by atoms with van der Waals surface area (Å²) in [6.07, 6.45) is 2.39. The van der Waals surface area contributed by atoms with Crippen LogP contribution in [0.3, 0.4) is 0 Å². The molecule has 0 aliphatic carbocycles. The average molecular weight is 692 g/mol. The number of H-pyrrole nitrogens is 1. The molecule has 0 saturated carbocycles. The lowest BCUT2D eigenvalue weighted by molar-refractivity contribution is -0.136. The van der Waals surface area contributed by atoms with Crippen LogP contribution in [0.5, 0.6) is 0 Å². The Morgan fingerprint density at radius 3 is 2.27 bits per heavy atom. The standard InChI is InChI=1S/C31H41N13O4S/c32-22-15-23(33)19-44(18-22)31-37-29(36-30(38-31)43-9-7-41(8-10-43)20-28(45)42-11-13-48-14-12-42)35-24-3-5-26(6-4-24)49(46,47)40-25-2-1-21-17-34-39-27(21)16-25/h1-6,16-17,22-23,40H,7-15,18-20,32-33H2,(H,34,39)(H,35,36,37,38)/t22-,23+. The number of rotatable bonds is 9. The van der Waals surface area contributed by atoms with Gasteiger partial charge >= 0.3 is 0 Å². The Morgan fingerprint density at radius 1 is 0.878 bits per heavy atom. The first-order chi connectivity index (χ1) is 23.7. The highest BCUT2D eigenvalue weighted by Crippen LogP contribution is 2.25. The number of hydrogen-bond acceptors (Lipinski definition) is 14. The number of morpholine rings is 1. The number of piperidine rings is 1. The number of aromatic amines is 1. The molecule has 3 aliphatic rings. The van der Waals surface area contributed by atoms with E-state index in [1.165, 1.54) is 12.1 Å². The molecule has 18 heteroatoms. The van der Waals surface area contributed by atoms with Crippen LogP contribution in [-0.4, -0.2) is 133 Å². The Morgan fingerprint density at radius 2 is 1.55 bits per heavy atom. The number of anilines is 5. The van der Waals surface area contributed by atoms with Crippen molar-refractivity contribution in [3.8, 4) is 0 Å². The molecule has 3 saturated heterocycles. The van der Waals surface area contributed by atoms with Crippen LogP contribution in [-0.2, 0) is 19.6 Å². The molecule has 2 aromatic carbocycles. The summed E-state index contributed by atoms with van der Waals surface area (Å²) in [5.74, 6) is 1.38. The summed E-state index contributed by atoms with van der Waals surface area (Å²) in [6, 6.07) is 11.3. The highest BCUT2D eigenvalue weighted by molar-refractivity contribution is 7.92. The van der Waals surface area contributed by atoms with Crippen molar-refractivity contribution in [1.82, 2.24) is 34.9 Å². The summed E-state index contributed by atoms with van der Waals surface area (Å²) < 4.78 is 34.3. The number of carbonyl (C=O) groups is 1. The zero-order chi connectivity index (χ0) is 34.0. The van der Waals surface area contributed by atoms with E-state index in [1.807, 2.05) is 9.80 Å². The molecule has 2 aromatic heterocycles. The van der Waals surface area contributed by atoms with Crippen molar-refractivity contribution in [2.24, 2.45) is 11.5 Å². The van der Waals surface area contributed by atoms with Crippen molar-refractivity contribution in [2.45, 2.75) is 23.4 Å². The van der Waals surface area contributed by atoms with Crippen LogP contribution in [0, 0.1) is 0 Å². The molecule has 7 rings (SSSR count). The highest BCUT2D eigenvalue weighted by atomic mass is 32.2. The third-order valence-corrected chi connectivity index (χ3v) is 10.3. The number of ether oxygens (including phenoxy) is 1. The van der Waals surface area contributed by atoms with E-state index in [-0.39, 0.29) is 22.9 Å². The van der Waals surface area contributed by atoms with Gasteiger partial charge in [-0.1, -0.05) is 0 Å². The quantitative estimate of drug-likeness (QED) is 0.158. The number of nitrogens with zero attached hydrogens (tertiary/aromatic N) is 8. The number of benzene rings is 2. The predicted octanol–water partition coefficient (Wildman–Crippen LogP) is 0.138. The van der Waals surface area contributed by atoms with E-state index in [1.54, 1.807) is 36.5 Å². The number of hydrogen-bond donors (Lipinski definition) is 5. The molecule has 49 heavy (non-hydrogen) atoms. The van der Waals surface area contributed by atoms with E-state index in [0.717, 1.165) is 10.9 Å². The first-order valence-electron chi connectivity index (χ1n) is 16.4. The van der Waals surface area contributed by atoms with Crippen molar-refractivity contribution in [2.75, 3.05) is 92.0 Å². The Bertz CT molecular complexity index is 1870. The molecule has 3 aliphatic heterocycles. The molecule has 7 N–H and O–H groups in total. The second-order valence-corrected chi connectivity index (χ2v) is 14.3. The fraction of sp³-hybridized carbons (Fsp3) is 0.452. The smallest absolute Gasteiger partial charge is 0.261 e. The molecule has 5 heterocycles. The lowest BCUT2D eigenvalue weighted by atomic mass is 10.0. The first kappa shape index (κ1) is 32.9. The van der Waals surface area contributed by atoms with Crippen LogP contribution >= 0.6 is 0 Å². The van der Waals surface area contributed by atoms with Crippen LogP contribution in [0.25, 0.3) is 10.9 Å². The van der Waals surface area contributed by atoms with Gasteiger partial charge in [0, 0.05) is 75.5 Å². The van der Waals surface area contributed by atoms with Gasteiger partial charge in [-0.25, -0.2) is 8.42 Å². The third-order valence-electron chi connectivity index (χ3n) is 8.90. The van der Waals surface area contributed by atoms with Crippen LogP contribution in [0.4, 0.5) is 29.2 Å². The number of aromatic nitrogens is 5. The van der Waals surface area contributed by atoms with Crippen molar-refractivity contribution in [3.63, 3.8) is 0 Å². The monoisotopic (exact) mass is 691 g/mol. The molecular formula is C31H41N13O4S. The minimum Gasteiger partial charge on any atom is -0.378 e. The lowest BCUT2D eigenvalue weighted by Gasteiger charge is -2.37. The van der Waals surface area contributed by atoms with E-state index < -0.39 is 10.0 Å². The Labute approximate surface area is 284 Å². The maximum Gasteiger partial charge on any atom is 0.261 e. The first-order valence-corrected chi connectivity index (χ1v) is 17.8. The summed E-state index contributed by atoms with van der Waals surface area (Å²) in [4.78, 5) is 35.3. The minimum absolute atomic E-state index is 0.0982. The van der Waals surface area contributed by atoms with Crippen molar-refractivity contribution >= 4 is 56.1 Å². The Kier molecular flexibility index (Phi) is 9.46. The predicted molar refractivity (Wildman–Crippen MR) is 185 cm³/mol. The fourth-order valence-electron chi connectivity index (χ4n) is 6.31. The molecule has 0 spiro atoms. The molecular weight excluding hydrogens is 650 g/mol. The number of nitrogens with two attached hydrogens (primary N) is 2. The summed E-state index contributed by atoms with van der Waals surface area (Å²) in [5.41, 5.74) is 14.3. The van der Waals surface area contributed by atoms with Crippen LogP contribution in [0.1, 0.15) is 6.42 Å². The normalized spacial score (nSPS) is 20.8. The SMILES string of the molecule is N[C@@H]1C[C@H](N)CN(c2nc(Nc3ccc(S(=O)(=O)Nc4ccc5cn[nH]c5c4)cc3)nc(N3CCN(CC(=O)N4CCOCC4)CC3)n2)C1. The third kappa shape index (κ3) is 7.83. The van der Waals surface area contributed by atoms with Gasteiger partial charge in [-0.2, -0.15) is 20.1 Å². The largest absolute Gasteiger partial charge is 0.378 e. The van der Waals surface area contributed by atoms with E-state index >= 15 is 0 Å². The lowest BCUT2D eigenvalue weighted by Crippen LogP contribution is -2.53. The molecule has 3 fully saturated rings. The number of fused-ring (bicyclic) bond motifs is 1. The Balaban J connectivity index is 1.06. The van der Waals surface area contributed by atoms with Gasteiger partial charge in [0.15, 0.2) is 0 Å². The summed E-state index contributed by atoms with van der Waals surface area (Å²) >= 11 is 0. The molecule has 260 valence electrons. The van der Waals surface area contributed by atoms with Crippen molar-refractivity contribution in [1.29, 1.82) is 0 Å². The number of carbonyl (C=O) groups excluding carboxylic acids is 1. The molecule has 0 unspecified atom stereocenters. The van der Waals surface area contributed by atoms with E-state index in [0.29, 0.717) is 108 Å². The second-order valence-electron chi connectivity index (χ2n) is 12.6. The minimum atomic E-state index is -3.85. The maximum atomic E-state index is 13.1. The summed E-state index contributed by atoms with van der Waals surface area (Å²) in [7, 11) is -3.85. The molecule has 17 nitrogen and oxygen atoms in total. The van der Waals surface area contributed by atoms with Crippen molar-refractivity contribution < 1.29 is 17.9 Å². The molecule has 0 bridgehead atoms. The maximum absolute atomic E-state index is 13.1. The van der Waals surface area contributed by atoms with Crippen LogP contribution in [0.15, 0.2) is 53.6 Å². The van der Waals surface area contributed by atoms with E-state index in [9.17, 15) is 13.2 Å². The molecule has 4 aromatic rings. The van der Waals surface area contributed by atoms with Crippen LogP contribution in [0.2, 0.25) is 0 Å². The van der Waals surface area contributed by atoms with E-state index in [4.69, 9.17) is 31.2 Å². The van der Waals surface area contributed by atoms with Gasteiger partial charge in [0.2, 0.25) is 23.8 Å². The summed E-state index contributed by atoms with van der Waals surface area (Å²) in [6.45, 7) is 6.52. The van der Waals surface area contributed by atoms with Gasteiger partial charge in [0.1, 0.15) is 0 Å². The molecule has 0 radical (unpaired) electrons. The van der Waals surface area contributed by atoms with E-state index in [2.05, 4.69) is 30.0 Å². The van der Waals surface area contributed by atoms with Gasteiger partial charge < -0.3 is 36.2 Å². The molecule has 1 amide bonds. The number of sulfonamides is 1. The number of amides is 1. The van der Waals surface area contributed by atoms with Gasteiger partial charge in [-0.15, -0.1) is 0 Å². The van der Waals surface area contributed by atoms with Gasteiger partial charge in [0.05, 0.1) is 42.1 Å². The van der Waals surface area contributed by atoms with Gasteiger partial charge in [-0.05, 0) is 48.9 Å². The number of nitrogens with one attached hydrogen (secondary N) is 3. The molecule has 2 atom stereocenters. The van der Waals surface area contributed by atoms with Gasteiger partial charge in [-0.3, -0.25) is 19.5 Å². The topological polar surface area (TPSA) is 217 Å².